The molecule has 0 aliphatic carbocycles. The minimum atomic E-state index is -0.160. The van der Waals surface area contributed by atoms with Crippen molar-refractivity contribution in [2.45, 2.75) is 24.8 Å². The first-order chi connectivity index (χ1) is 13.3. The first kappa shape index (κ1) is 16.6. The van der Waals surface area contributed by atoms with Gasteiger partial charge in [0.25, 0.3) is 0 Å². The topological polar surface area (TPSA) is 68.9 Å². The smallest absolute Gasteiger partial charge is 0.142 e. The van der Waals surface area contributed by atoms with Gasteiger partial charge >= 0.3 is 0 Å². The van der Waals surface area contributed by atoms with E-state index in [1.807, 2.05) is 18.3 Å². The van der Waals surface area contributed by atoms with Crippen LogP contribution in [0.1, 0.15) is 24.3 Å². The molecule has 0 spiro atoms. The highest BCUT2D eigenvalue weighted by molar-refractivity contribution is 5.87. The minimum absolute atomic E-state index is 0.160. The summed E-state index contributed by atoms with van der Waals surface area (Å²) in [5, 5.41) is 1.08. The standard InChI is InChI=1S/C20H23FN6/c21-15-3-1-2-14(10-15)17-11-25-26-18(17)13-5-8-27(9-6-13)20-16-4-7-22-19(16)23-12-24-20/h1-4,7,10,12-13,17-18,25-26H,5-6,8-9,11H2,(H,22,23,24). The maximum atomic E-state index is 13.7. The molecule has 140 valence electrons. The average molecular weight is 366 g/mol. The van der Waals surface area contributed by atoms with Crippen LogP contribution in [-0.2, 0) is 0 Å². The fourth-order valence-corrected chi connectivity index (χ4v) is 4.60. The molecule has 2 aromatic heterocycles. The van der Waals surface area contributed by atoms with Gasteiger partial charge in [0, 0.05) is 37.8 Å². The Morgan fingerprint density at radius 2 is 2.00 bits per heavy atom. The highest BCUT2D eigenvalue weighted by atomic mass is 19.1. The molecule has 1 aromatic carbocycles. The molecule has 0 bridgehead atoms. The molecule has 0 amide bonds. The summed E-state index contributed by atoms with van der Waals surface area (Å²) in [5.74, 6) is 1.70. The van der Waals surface area contributed by atoms with E-state index in [1.54, 1.807) is 18.5 Å². The molecule has 4 heterocycles. The Labute approximate surface area is 157 Å². The third kappa shape index (κ3) is 3.07. The number of aromatic amines is 1. The predicted molar refractivity (Wildman–Crippen MR) is 103 cm³/mol. The summed E-state index contributed by atoms with van der Waals surface area (Å²) in [6.07, 6.45) is 5.71. The molecule has 0 radical (unpaired) electrons. The number of benzene rings is 1. The van der Waals surface area contributed by atoms with Crippen molar-refractivity contribution in [3.63, 3.8) is 0 Å². The van der Waals surface area contributed by atoms with Crippen LogP contribution in [0.15, 0.2) is 42.9 Å². The number of hydrogen-bond donors (Lipinski definition) is 3. The van der Waals surface area contributed by atoms with Crippen molar-refractivity contribution in [3.05, 3.63) is 54.2 Å². The van der Waals surface area contributed by atoms with E-state index in [4.69, 9.17) is 0 Å². The Kier molecular flexibility index (Phi) is 4.26. The van der Waals surface area contributed by atoms with Gasteiger partial charge in [-0.15, -0.1) is 0 Å². The Bertz CT molecular complexity index is 933. The SMILES string of the molecule is Fc1cccc(C2CNNC2C2CCN(c3ncnc4[nH]ccc34)CC2)c1. The summed E-state index contributed by atoms with van der Waals surface area (Å²) in [6.45, 7) is 2.77. The number of fused-ring (bicyclic) bond motifs is 1. The number of aromatic nitrogens is 3. The summed E-state index contributed by atoms with van der Waals surface area (Å²) in [4.78, 5) is 14.3. The van der Waals surface area contributed by atoms with Gasteiger partial charge < -0.3 is 9.88 Å². The van der Waals surface area contributed by atoms with Crippen molar-refractivity contribution >= 4 is 16.9 Å². The molecular formula is C20H23FN6. The third-order valence-electron chi connectivity index (χ3n) is 5.98. The summed E-state index contributed by atoms with van der Waals surface area (Å²) in [6, 6.07) is 9.39. The van der Waals surface area contributed by atoms with E-state index in [0.717, 1.165) is 54.9 Å². The quantitative estimate of drug-likeness (QED) is 0.665. The second-order valence-corrected chi connectivity index (χ2v) is 7.47. The summed E-state index contributed by atoms with van der Waals surface area (Å²) < 4.78 is 13.7. The molecule has 2 saturated heterocycles. The molecule has 7 heteroatoms. The van der Waals surface area contributed by atoms with Gasteiger partial charge in [0.2, 0.25) is 0 Å². The van der Waals surface area contributed by atoms with Crippen LogP contribution in [0.2, 0.25) is 0 Å². The number of hydrogen-bond acceptors (Lipinski definition) is 5. The average Bonchev–Trinajstić information content (AvgIpc) is 3.37. The van der Waals surface area contributed by atoms with E-state index in [9.17, 15) is 4.39 Å². The van der Waals surface area contributed by atoms with Gasteiger partial charge in [-0.1, -0.05) is 12.1 Å². The number of H-pyrrole nitrogens is 1. The molecule has 3 N–H and O–H groups in total. The first-order valence-electron chi connectivity index (χ1n) is 9.56. The van der Waals surface area contributed by atoms with Crippen LogP contribution in [0, 0.1) is 11.7 Å². The van der Waals surface area contributed by atoms with E-state index in [0.29, 0.717) is 17.9 Å². The molecule has 3 aromatic rings. The lowest BCUT2D eigenvalue weighted by Crippen LogP contribution is -2.44. The summed E-state index contributed by atoms with van der Waals surface area (Å²) in [5.41, 5.74) is 8.70. The van der Waals surface area contributed by atoms with Crippen LogP contribution in [0.3, 0.4) is 0 Å². The zero-order valence-corrected chi connectivity index (χ0v) is 15.0. The normalized spacial score (nSPS) is 24.0. The number of anilines is 1. The third-order valence-corrected chi connectivity index (χ3v) is 5.98. The number of hydrazine groups is 1. The number of rotatable bonds is 3. The molecule has 5 rings (SSSR count). The second kappa shape index (κ2) is 6.90. The Morgan fingerprint density at radius 3 is 2.85 bits per heavy atom. The Balaban J connectivity index is 1.31. The lowest BCUT2D eigenvalue weighted by atomic mass is 9.80. The largest absolute Gasteiger partial charge is 0.356 e. The molecular weight excluding hydrogens is 343 g/mol. The molecule has 2 aliphatic rings. The number of nitrogens with one attached hydrogen (secondary N) is 3. The molecule has 2 unspecified atom stereocenters. The van der Waals surface area contributed by atoms with Crippen LogP contribution in [0.5, 0.6) is 0 Å². The van der Waals surface area contributed by atoms with Crippen LogP contribution >= 0.6 is 0 Å². The molecule has 27 heavy (non-hydrogen) atoms. The van der Waals surface area contributed by atoms with E-state index in [1.165, 1.54) is 6.07 Å². The lowest BCUT2D eigenvalue weighted by Gasteiger charge is -2.37. The molecule has 2 fully saturated rings. The van der Waals surface area contributed by atoms with Gasteiger partial charge in [-0.3, -0.25) is 10.9 Å². The van der Waals surface area contributed by atoms with Crippen molar-refractivity contribution in [1.82, 2.24) is 25.8 Å². The van der Waals surface area contributed by atoms with Gasteiger partial charge in [0.05, 0.1) is 5.39 Å². The molecule has 2 atom stereocenters. The van der Waals surface area contributed by atoms with Crippen molar-refractivity contribution < 1.29 is 4.39 Å². The molecule has 6 nitrogen and oxygen atoms in total. The van der Waals surface area contributed by atoms with Gasteiger partial charge in [-0.2, -0.15) is 0 Å². The van der Waals surface area contributed by atoms with Crippen LogP contribution in [0.25, 0.3) is 11.0 Å². The predicted octanol–water partition coefficient (Wildman–Crippen LogP) is 2.57. The maximum absolute atomic E-state index is 13.7. The van der Waals surface area contributed by atoms with Crippen LogP contribution in [0.4, 0.5) is 10.2 Å². The number of halogens is 1. The lowest BCUT2D eigenvalue weighted by molar-refractivity contribution is 0.295. The van der Waals surface area contributed by atoms with Crippen molar-refractivity contribution in [2.75, 3.05) is 24.5 Å². The second-order valence-electron chi connectivity index (χ2n) is 7.47. The number of piperidine rings is 1. The number of nitrogens with zero attached hydrogens (tertiary/aromatic N) is 3. The monoisotopic (exact) mass is 366 g/mol. The van der Waals surface area contributed by atoms with Crippen molar-refractivity contribution in [3.8, 4) is 0 Å². The van der Waals surface area contributed by atoms with Crippen molar-refractivity contribution in [2.24, 2.45) is 5.92 Å². The van der Waals surface area contributed by atoms with E-state index < -0.39 is 0 Å². The summed E-state index contributed by atoms with van der Waals surface area (Å²) in [7, 11) is 0. The van der Waals surface area contributed by atoms with Gasteiger partial charge in [-0.25, -0.2) is 14.4 Å². The van der Waals surface area contributed by atoms with E-state index in [2.05, 4.69) is 30.7 Å². The highest BCUT2D eigenvalue weighted by Gasteiger charge is 2.36. The minimum Gasteiger partial charge on any atom is -0.356 e. The maximum Gasteiger partial charge on any atom is 0.142 e. The van der Waals surface area contributed by atoms with Gasteiger partial charge in [0.1, 0.15) is 23.6 Å². The van der Waals surface area contributed by atoms with Gasteiger partial charge in [0.15, 0.2) is 0 Å². The molecule has 2 aliphatic heterocycles. The van der Waals surface area contributed by atoms with E-state index >= 15 is 0 Å². The van der Waals surface area contributed by atoms with Gasteiger partial charge in [-0.05, 0) is 42.5 Å². The Morgan fingerprint density at radius 1 is 1.11 bits per heavy atom. The first-order valence-corrected chi connectivity index (χ1v) is 9.56. The van der Waals surface area contributed by atoms with E-state index in [-0.39, 0.29) is 5.82 Å². The summed E-state index contributed by atoms with van der Waals surface area (Å²) >= 11 is 0. The highest BCUT2D eigenvalue weighted by Crippen LogP contribution is 2.34. The van der Waals surface area contributed by atoms with Crippen LogP contribution < -0.4 is 15.8 Å². The Hall–Kier alpha value is -2.51. The fourth-order valence-electron chi connectivity index (χ4n) is 4.60. The molecule has 0 saturated carbocycles. The zero-order chi connectivity index (χ0) is 18.2. The fraction of sp³-hybridized carbons (Fsp3) is 0.400. The zero-order valence-electron chi connectivity index (χ0n) is 15.0. The van der Waals surface area contributed by atoms with Crippen LogP contribution in [-0.4, -0.2) is 40.6 Å². The van der Waals surface area contributed by atoms with Crippen molar-refractivity contribution in [1.29, 1.82) is 0 Å².